The van der Waals surface area contributed by atoms with Crippen LogP contribution in [0.1, 0.15) is 17.2 Å². The fourth-order valence-electron chi connectivity index (χ4n) is 2.42. The maximum Gasteiger partial charge on any atom is 0.260 e. The van der Waals surface area contributed by atoms with Gasteiger partial charge in [-0.25, -0.2) is 4.39 Å². The lowest BCUT2D eigenvalue weighted by Gasteiger charge is -2.17. The van der Waals surface area contributed by atoms with Gasteiger partial charge in [0.05, 0.1) is 12.2 Å². The minimum atomic E-state index is -1.15. The van der Waals surface area contributed by atoms with E-state index in [4.69, 9.17) is 0 Å². The highest BCUT2D eigenvalue weighted by molar-refractivity contribution is 6.04. The minimum Gasteiger partial charge on any atom is -0.305 e. The van der Waals surface area contributed by atoms with Gasteiger partial charge >= 0.3 is 0 Å². The maximum absolute atomic E-state index is 13.3. The third kappa shape index (κ3) is 1.97. The molecule has 100 valence electrons. The van der Waals surface area contributed by atoms with Gasteiger partial charge in [-0.3, -0.25) is 4.79 Å². The van der Waals surface area contributed by atoms with Crippen LogP contribution in [0.4, 0.5) is 10.1 Å². The van der Waals surface area contributed by atoms with Crippen molar-refractivity contribution in [1.82, 2.24) is 0 Å². The van der Waals surface area contributed by atoms with Gasteiger partial charge in [-0.15, -0.1) is 4.91 Å². The third-order valence-corrected chi connectivity index (χ3v) is 3.36. The number of rotatable bonds is 3. The van der Waals surface area contributed by atoms with Crippen molar-refractivity contribution in [1.29, 1.82) is 0 Å². The van der Waals surface area contributed by atoms with Crippen LogP contribution in [0.25, 0.3) is 0 Å². The van der Waals surface area contributed by atoms with E-state index in [1.165, 1.54) is 23.1 Å². The summed E-state index contributed by atoms with van der Waals surface area (Å²) in [6.07, 6.45) is 0. The highest BCUT2D eigenvalue weighted by atomic mass is 19.1. The molecule has 0 spiro atoms. The van der Waals surface area contributed by atoms with Crippen LogP contribution in [-0.2, 0) is 11.3 Å². The van der Waals surface area contributed by atoms with E-state index in [1.807, 2.05) is 30.3 Å². The summed E-state index contributed by atoms with van der Waals surface area (Å²) in [7, 11) is 0. The summed E-state index contributed by atoms with van der Waals surface area (Å²) < 4.78 is 13.3. The zero-order valence-corrected chi connectivity index (χ0v) is 10.5. The zero-order valence-electron chi connectivity index (χ0n) is 10.5. The molecule has 1 aliphatic rings. The number of anilines is 1. The first-order valence-electron chi connectivity index (χ1n) is 6.18. The average molecular weight is 270 g/mol. The van der Waals surface area contributed by atoms with Gasteiger partial charge in [0.2, 0.25) is 0 Å². The molecule has 3 rings (SSSR count). The Balaban J connectivity index is 2.01. The first-order valence-corrected chi connectivity index (χ1v) is 6.18. The summed E-state index contributed by atoms with van der Waals surface area (Å²) in [6.45, 7) is 0.338. The zero-order chi connectivity index (χ0) is 14.1. The number of amides is 1. The Morgan fingerprint density at radius 2 is 1.90 bits per heavy atom. The number of hydrogen-bond donors (Lipinski definition) is 0. The predicted octanol–water partition coefficient (Wildman–Crippen LogP) is 3.18. The van der Waals surface area contributed by atoms with Gasteiger partial charge in [0.1, 0.15) is 5.82 Å². The molecule has 1 atom stereocenters. The van der Waals surface area contributed by atoms with Gasteiger partial charge in [-0.05, 0) is 23.8 Å². The van der Waals surface area contributed by atoms with Crippen LogP contribution in [0.3, 0.4) is 0 Å². The monoisotopic (exact) mass is 270 g/mol. The lowest BCUT2D eigenvalue weighted by Crippen LogP contribution is -2.27. The normalized spacial score (nSPS) is 17.1. The highest BCUT2D eigenvalue weighted by Crippen LogP contribution is 2.39. The van der Waals surface area contributed by atoms with Crippen LogP contribution in [0.2, 0.25) is 0 Å². The number of hydrogen-bond acceptors (Lipinski definition) is 3. The van der Waals surface area contributed by atoms with Crippen molar-refractivity contribution in [3.8, 4) is 0 Å². The lowest BCUT2D eigenvalue weighted by molar-refractivity contribution is -0.119. The second-order valence-electron chi connectivity index (χ2n) is 4.62. The molecule has 2 aromatic rings. The van der Waals surface area contributed by atoms with Crippen LogP contribution < -0.4 is 4.90 Å². The van der Waals surface area contributed by atoms with Gasteiger partial charge in [-0.2, -0.15) is 0 Å². The second-order valence-corrected chi connectivity index (χ2v) is 4.62. The summed E-state index contributed by atoms with van der Waals surface area (Å²) in [5.41, 5.74) is 1.81. The van der Waals surface area contributed by atoms with E-state index in [2.05, 4.69) is 5.18 Å². The quantitative estimate of drug-likeness (QED) is 0.804. The van der Waals surface area contributed by atoms with E-state index < -0.39 is 17.8 Å². The van der Waals surface area contributed by atoms with Crippen LogP contribution in [-0.4, -0.2) is 5.91 Å². The molecule has 0 saturated heterocycles. The highest BCUT2D eigenvalue weighted by Gasteiger charge is 2.38. The van der Waals surface area contributed by atoms with Gasteiger partial charge in [0, 0.05) is 5.56 Å². The van der Waals surface area contributed by atoms with Crippen molar-refractivity contribution in [2.75, 3.05) is 4.90 Å². The Morgan fingerprint density at radius 3 is 2.60 bits per heavy atom. The summed E-state index contributed by atoms with van der Waals surface area (Å²) >= 11 is 0. The molecule has 0 bridgehead atoms. The summed E-state index contributed by atoms with van der Waals surface area (Å²) in [5, 5.41) is 2.83. The molecular weight excluding hydrogens is 259 g/mol. The van der Waals surface area contributed by atoms with Crippen molar-refractivity contribution in [2.24, 2.45) is 5.18 Å². The lowest BCUT2D eigenvalue weighted by atomic mass is 10.1. The molecule has 0 N–H and O–H groups in total. The Bertz CT molecular complexity index is 673. The number of nitroso groups, excluding NO2 is 1. The van der Waals surface area contributed by atoms with Crippen molar-refractivity contribution < 1.29 is 9.18 Å². The molecule has 0 saturated carbocycles. The number of fused-ring (bicyclic) bond motifs is 1. The largest absolute Gasteiger partial charge is 0.305 e. The number of halogens is 1. The molecule has 0 aromatic heterocycles. The van der Waals surface area contributed by atoms with Crippen molar-refractivity contribution in [2.45, 2.75) is 12.6 Å². The summed E-state index contributed by atoms with van der Waals surface area (Å²) in [6, 6.07) is 12.2. The number of carbonyl (C=O) groups excluding carboxylic acids is 1. The fraction of sp³-hybridized carbons (Fsp3) is 0.133. The SMILES string of the molecule is O=NC1C(=O)N(Cc2ccccc2)c2ccc(F)cc21. The summed E-state index contributed by atoms with van der Waals surface area (Å²) in [5.74, 6) is -0.892. The van der Waals surface area contributed by atoms with Crippen LogP contribution in [0, 0.1) is 10.7 Å². The summed E-state index contributed by atoms with van der Waals surface area (Å²) in [4.78, 5) is 24.6. The molecule has 2 aromatic carbocycles. The Hall–Kier alpha value is -2.56. The standard InChI is InChI=1S/C15H11FN2O2/c16-11-6-7-13-12(8-11)14(17-20)15(19)18(13)9-10-4-2-1-3-5-10/h1-8,14H,9H2. The molecule has 1 heterocycles. The molecule has 1 unspecified atom stereocenters. The number of carbonyl (C=O) groups is 1. The maximum atomic E-state index is 13.3. The van der Waals surface area contributed by atoms with E-state index in [0.717, 1.165) is 5.56 Å². The molecule has 1 aliphatic heterocycles. The molecule has 1 amide bonds. The Kier molecular flexibility index (Phi) is 3.02. The van der Waals surface area contributed by atoms with E-state index in [9.17, 15) is 14.1 Å². The van der Waals surface area contributed by atoms with Crippen LogP contribution in [0.15, 0.2) is 53.7 Å². The van der Waals surface area contributed by atoms with Crippen LogP contribution >= 0.6 is 0 Å². The minimum absolute atomic E-state index is 0.334. The average Bonchev–Trinajstić information content (AvgIpc) is 2.71. The Morgan fingerprint density at radius 1 is 1.15 bits per heavy atom. The second kappa shape index (κ2) is 4.85. The van der Waals surface area contributed by atoms with E-state index in [1.54, 1.807) is 0 Å². The molecular formula is C15H11FN2O2. The van der Waals surface area contributed by atoms with Gasteiger partial charge < -0.3 is 4.90 Å². The molecule has 0 aliphatic carbocycles. The van der Waals surface area contributed by atoms with Gasteiger partial charge in [0.15, 0.2) is 6.04 Å². The van der Waals surface area contributed by atoms with Crippen molar-refractivity contribution >= 4 is 11.6 Å². The van der Waals surface area contributed by atoms with Crippen LogP contribution in [0.5, 0.6) is 0 Å². The molecule has 0 radical (unpaired) electrons. The third-order valence-electron chi connectivity index (χ3n) is 3.36. The van der Waals surface area contributed by atoms with E-state index in [-0.39, 0.29) is 0 Å². The molecule has 4 nitrogen and oxygen atoms in total. The fourth-order valence-corrected chi connectivity index (χ4v) is 2.42. The smallest absolute Gasteiger partial charge is 0.260 e. The van der Waals surface area contributed by atoms with Gasteiger partial charge in [0.25, 0.3) is 5.91 Å². The molecule has 5 heteroatoms. The molecule has 0 fully saturated rings. The Labute approximate surface area is 114 Å². The van der Waals surface area contributed by atoms with Gasteiger partial charge in [-0.1, -0.05) is 35.5 Å². The topological polar surface area (TPSA) is 49.7 Å². The number of benzene rings is 2. The van der Waals surface area contributed by atoms with Crippen molar-refractivity contribution in [3.05, 3.63) is 70.4 Å². The van der Waals surface area contributed by atoms with Crippen molar-refractivity contribution in [3.63, 3.8) is 0 Å². The van der Waals surface area contributed by atoms with E-state index in [0.29, 0.717) is 17.8 Å². The predicted molar refractivity (Wildman–Crippen MR) is 72.6 cm³/mol. The number of nitrogens with zero attached hydrogens (tertiary/aromatic N) is 2. The first kappa shape index (κ1) is 12.5. The van der Waals surface area contributed by atoms with E-state index >= 15 is 0 Å². The molecule has 20 heavy (non-hydrogen) atoms. The first-order chi connectivity index (χ1) is 9.70.